The van der Waals surface area contributed by atoms with Crippen molar-refractivity contribution in [1.29, 1.82) is 0 Å². The molecule has 47 heavy (non-hydrogen) atoms. The van der Waals surface area contributed by atoms with Gasteiger partial charge in [0, 0.05) is 12.8 Å². The zero-order valence-corrected chi connectivity index (χ0v) is 30.6. The van der Waals surface area contributed by atoms with E-state index in [1.165, 1.54) is 89.9 Å². The third kappa shape index (κ3) is 32.2. The Kier molecular flexibility index (Phi) is 33.6. The maximum absolute atomic E-state index is 12.6. The summed E-state index contributed by atoms with van der Waals surface area (Å²) < 4.78 is 5.93. The van der Waals surface area contributed by atoms with E-state index in [1.54, 1.807) is 0 Å². The Morgan fingerprint density at radius 1 is 0.617 bits per heavy atom. The zero-order valence-electron chi connectivity index (χ0n) is 30.6. The lowest BCUT2D eigenvalue weighted by Gasteiger charge is -2.18. The van der Waals surface area contributed by atoms with E-state index in [0.717, 1.165) is 64.2 Å². The molecule has 2 unspecified atom stereocenters. The summed E-state index contributed by atoms with van der Waals surface area (Å²) in [5, 5.41) is 11.9. The second-order valence-electron chi connectivity index (χ2n) is 13.3. The number of nitrogens with one attached hydrogen (secondary N) is 1. The fourth-order valence-corrected chi connectivity index (χ4v) is 5.77. The Hall–Kier alpha value is -2.15. The molecule has 0 aromatic carbocycles. The minimum Gasteiger partial charge on any atom is -0.480 e. The number of rotatable bonds is 35. The van der Waals surface area contributed by atoms with E-state index < -0.39 is 12.0 Å². The van der Waals surface area contributed by atoms with Crippen molar-refractivity contribution < 1.29 is 24.2 Å². The molecule has 0 radical (unpaired) electrons. The second kappa shape index (κ2) is 35.2. The predicted molar refractivity (Wildman–Crippen MR) is 197 cm³/mol. The Morgan fingerprint density at radius 2 is 1.11 bits per heavy atom. The minimum atomic E-state index is -1.01. The number of ether oxygens (including phenoxy) is 1. The SMILES string of the molecule is CCCCCC/C=C\C/C=C\CCCCCCCCCC(=O)OC(CCCCCC)CCCCCCC(=O)NC(CCCN)C(=O)O. The van der Waals surface area contributed by atoms with Crippen LogP contribution in [0.3, 0.4) is 0 Å². The van der Waals surface area contributed by atoms with Gasteiger partial charge in [-0.3, -0.25) is 9.59 Å². The van der Waals surface area contributed by atoms with E-state index in [4.69, 9.17) is 10.5 Å². The van der Waals surface area contributed by atoms with Gasteiger partial charge in [0.15, 0.2) is 0 Å². The molecular formula is C40H74N2O5. The highest BCUT2D eigenvalue weighted by molar-refractivity contribution is 5.83. The number of allylic oxidation sites excluding steroid dienone is 4. The van der Waals surface area contributed by atoms with E-state index >= 15 is 0 Å². The molecule has 1 amide bonds. The summed E-state index contributed by atoms with van der Waals surface area (Å²) in [7, 11) is 0. The number of hydrogen-bond donors (Lipinski definition) is 3. The monoisotopic (exact) mass is 663 g/mol. The molecule has 0 aliphatic heterocycles. The number of hydrogen-bond acceptors (Lipinski definition) is 5. The largest absolute Gasteiger partial charge is 0.480 e. The van der Waals surface area contributed by atoms with Gasteiger partial charge in [0.1, 0.15) is 12.1 Å². The first-order chi connectivity index (χ1) is 22.9. The topological polar surface area (TPSA) is 119 Å². The van der Waals surface area contributed by atoms with Crippen LogP contribution in [0.2, 0.25) is 0 Å². The molecule has 4 N–H and O–H groups in total. The van der Waals surface area contributed by atoms with Gasteiger partial charge in [0.05, 0.1) is 0 Å². The smallest absolute Gasteiger partial charge is 0.326 e. The van der Waals surface area contributed by atoms with E-state index in [1.807, 2.05) is 0 Å². The van der Waals surface area contributed by atoms with Crippen LogP contribution in [0.25, 0.3) is 0 Å². The summed E-state index contributed by atoms with van der Waals surface area (Å²) in [4.78, 5) is 36.1. The summed E-state index contributed by atoms with van der Waals surface area (Å²) in [5.74, 6) is -1.28. The minimum absolute atomic E-state index is 0.0119. The second-order valence-corrected chi connectivity index (χ2v) is 13.3. The van der Waals surface area contributed by atoms with Gasteiger partial charge in [-0.15, -0.1) is 0 Å². The Balaban J connectivity index is 4.01. The first-order valence-electron chi connectivity index (χ1n) is 19.7. The van der Waals surface area contributed by atoms with Gasteiger partial charge in [-0.1, -0.05) is 122 Å². The third-order valence-corrected chi connectivity index (χ3v) is 8.77. The van der Waals surface area contributed by atoms with Gasteiger partial charge in [-0.25, -0.2) is 4.79 Å². The van der Waals surface area contributed by atoms with Crippen LogP contribution >= 0.6 is 0 Å². The van der Waals surface area contributed by atoms with E-state index in [2.05, 4.69) is 43.5 Å². The number of carboxylic acid groups (broad SMARTS) is 1. The van der Waals surface area contributed by atoms with Crippen LogP contribution in [0.1, 0.15) is 194 Å². The first kappa shape index (κ1) is 44.9. The lowest BCUT2D eigenvalue weighted by molar-refractivity contribution is -0.150. The van der Waals surface area contributed by atoms with Gasteiger partial charge in [0.2, 0.25) is 5.91 Å². The molecule has 274 valence electrons. The van der Waals surface area contributed by atoms with Gasteiger partial charge >= 0.3 is 11.9 Å². The summed E-state index contributed by atoms with van der Waals surface area (Å²) in [6.45, 7) is 4.87. The Labute approximate surface area is 289 Å². The molecule has 2 atom stereocenters. The highest BCUT2D eigenvalue weighted by Crippen LogP contribution is 2.18. The molecule has 0 aliphatic carbocycles. The van der Waals surface area contributed by atoms with Gasteiger partial charge in [-0.2, -0.15) is 0 Å². The van der Waals surface area contributed by atoms with Crippen LogP contribution in [0, 0.1) is 0 Å². The molecule has 0 aromatic heterocycles. The Bertz CT molecular complexity index is 797. The molecule has 7 heteroatoms. The molecule has 0 saturated carbocycles. The molecule has 0 rings (SSSR count). The van der Waals surface area contributed by atoms with Crippen LogP contribution < -0.4 is 11.1 Å². The number of carbonyl (C=O) groups excluding carboxylic acids is 2. The number of nitrogens with two attached hydrogens (primary N) is 1. The maximum atomic E-state index is 12.6. The average Bonchev–Trinajstić information content (AvgIpc) is 3.05. The summed E-state index contributed by atoms with van der Waals surface area (Å²) >= 11 is 0. The number of carbonyl (C=O) groups is 3. The molecule has 0 heterocycles. The number of unbranched alkanes of at least 4 members (excludes halogenated alkanes) is 17. The van der Waals surface area contributed by atoms with Crippen molar-refractivity contribution in [3.63, 3.8) is 0 Å². The number of esters is 1. The number of carboxylic acids is 1. The van der Waals surface area contributed by atoms with Crippen molar-refractivity contribution >= 4 is 17.8 Å². The van der Waals surface area contributed by atoms with Crippen molar-refractivity contribution in [2.24, 2.45) is 5.73 Å². The molecule has 0 aromatic rings. The van der Waals surface area contributed by atoms with E-state index in [9.17, 15) is 19.5 Å². The van der Waals surface area contributed by atoms with Crippen molar-refractivity contribution in [2.45, 2.75) is 206 Å². The lowest BCUT2D eigenvalue weighted by atomic mass is 10.0. The number of aliphatic carboxylic acids is 1. The molecule has 0 saturated heterocycles. The van der Waals surface area contributed by atoms with Crippen molar-refractivity contribution in [3.8, 4) is 0 Å². The molecular weight excluding hydrogens is 588 g/mol. The van der Waals surface area contributed by atoms with Crippen LogP contribution in [-0.2, 0) is 19.1 Å². The highest BCUT2D eigenvalue weighted by atomic mass is 16.5. The summed E-state index contributed by atoms with van der Waals surface area (Å²) in [5.41, 5.74) is 5.46. The van der Waals surface area contributed by atoms with E-state index in [-0.39, 0.29) is 18.0 Å². The van der Waals surface area contributed by atoms with Gasteiger partial charge in [0.25, 0.3) is 0 Å². The zero-order chi connectivity index (χ0) is 34.6. The maximum Gasteiger partial charge on any atom is 0.326 e. The highest BCUT2D eigenvalue weighted by Gasteiger charge is 2.19. The standard InChI is InChI=1S/C40H74N2O5/c1-3-5-7-9-10-11-12-13-14-15-16-17-18-19-20-21-22-28-34-39(44)47-36(30-25-8-6-4-2)31-26-23-24-27-33-38(43)42-37(40(45)46)32-29-35-41/h11-12,14-15,36-37H,3-10,13,16-35,41H2,1-2H3,(H,42,43)(H,45,46)/b12-11-,15-14-. The molecule has 0 bridgehead atoms. The van der Waals surface area contributed by atoms with Crippen molar-refractivity contribution in [2.75, 3.05) is 6.54 Å². The van der Waals surface area contributed by atoms with Crippen molar-refractivity contribution in [3.05, 3.63) is 24.3 Å². The molecule has 0 fully saturated rings. The van der Waals surface area contributed by atoms with Gasteiger partial charge in [-0.05, 0) is 90.0 Å². The normalized spacial score (nSPS) is 12.9. The lowest BCUT2D eigenvalue weighted by Crippen LogP contribution is -2.40. The predicted octanol–water partition coefficient (Wildman–Crippen LogP) is 10.5. The molecule has 0 aliphatic rings. The van der Waals surface area contributed by atoms with Crippen LogP contribution in [0.4, 0.5) is 0 Å². The van der Waals surface area contributed by atoms with Crippen LogP contribution in [0.15, 0.2) is 24.3 Å². The third-order valence-electron chi connectivity index (χ3n) is 8.77. The van der Waals surface area contributed by atoms with E-state index in [0.29, 0.717) is 32.2 Å². The fraction of sp³-hybridized carbons (Fsp3) is 0.825. The average molecular weight is 663 g/mol. The molecule has 7 nitrogen and oxygen atoms in total. The first-order valence-corrected chi connectivity index (χ1v) is 19.7. The van der Waals surface area contributed by atoms with Gasteiger partial charge < -0.3 is 20.9 Å². The number of amides is 1. The fourth-order valence-electron chi connectivity index (χ4n) is 5.77. The summed E-state index contributed by atoms with van der Waals surface area (Å²) in [6.07, 6.45) is 38.1. The quantitative estimate of drug-likeness (QED) is 0.0353. The van der Waals surface area contributed by atoms with Crippen molar-refractivity contribution in [1.82, 2.24) is 5.32 Å². The summed E-state index contributed by atoms with van der Waals surface area (Å²) in [6, 6.07) is -0.862. The Morgan fingerprint density at radius 3 is 1.66 bits per heavy atom. The molecule has 0 spiro atoms. The van der Waals surface area contributed by atoms with Crippen LogP contribution in [-0.4, -0.2) is 41.6 Å². The van der Waals surface area contributed by atoms with Crippen LogP contribution in [0.5, 0.6) is 0 Å².